The van der Waals surface area contributed by atoms with Crippen LogP contribution in [0.4, 0.5) is 0 Å². The van der Waals surface area contributed by atoms with Crippen molar-refractivity contribution in [1.29, 1.82) is 0 Å². The van der Waals surface area contributed by atoms with Crippen LogP contribution in [0.25, 0.3) is 0 Å². The normalized spacial score (nSPS) is 18.4. The Morgan fingerprint density at radius 1 is 1.43 bits per heavy atom. The lowest BCUT2D eigenvalue weighted by Crippen LogP contribution is -2.32. The molecule has 0 aromatic heterocycles. The zero-order valence-corrected chi connectivity index (χ0v) is 4.57. The molecular formula is C4H6N2S. The lowest BCUT2D eigenvalue weighted by Gasteiger charge is -2.11. The van der Waals surface area contributed by atoms with E-state index >= 15 is 0 Å². The Kier molecular flexibility index (Phi) is 1.29. The summed E-state index contributed by atoms with van der Waals surface area (Å²) >= 11 is 4.04. The maximum absolute atomic E-state index is 4.04. The van der Waals surface area contributed by atoms with Gasteiger partial charge in [-0.2, -0.15) is 0 Å². The minimum Gasteiger partial charge on any atom is -0.357 e. The summed E-state index contributed by atoms with van der Waals surface area (Å²) in [7, 11) is 0. The van der Waals surface area contributed by atoms with Crippen LogP contribution in [0.2, 0.25) is 0 Å². The van der Waals surface area contributed by atoms with Crippen molar-refractivity contribution in [2.75, 3.05) is 0 Å². The number of hydrogen-bond acceptors (Lipinski definition) is 3. The summed E-state index contributed by atoms with van der Waals surface area (Å²) in [6.45, 7) is 0. The standard InChI is InChI=1S/C4H6N2S/c7-4-5-2-1-3-6-4/h2-7H. The van der Waals surface area contributed by atoms with Crippen molar-refractivity contribution in [2.45, 2.75) is 5.50 Å². The summed E-state index contributed by atoms with van der Waals surface area (Å²) in [5.74, 6) is 0. The van der Waals surface area contributed by atoms with Crippen molar-refractivity contribution in [3.05, 3.63) is 18.1 Å². The predicted molar refractivity (Wildman–Crippen MR) is 31.7 cm³/mol. The molecule has 2 N–H and O–H groups in total. The average molecular weight is 114 g/mol. The Balaban J connectivity index is 2.49. The third-order valence-corrected chi connectivity index (χ3v) is 0.947. The molecule has 0 aliphatic carbocycles. The molecule has 0 aromatic rings. The van der Waals surface area contributed by atoms with Gasteiger partial charge in [0.25, 0.3) is 0 Å². The molecule has 0 fully saturated rings. The van der Waals surface area contributed by atoms with Crippen LogP contribution in [-0.2, 0) is 0 Å². The maximum atomic E-state index is 4.04. The minimum atomic E-state index is 0.0567. The van der Waals surface area contributed by atoms with Crippen LogP contribution in [0.1, 0.15) is 0 Å². The van der Waals surface area contributed by atoms with Crippen molar-refractivity contribution in [3.8, 4) is 0 Å². The Morgan fingerprint density at radius 2 is 2.00 bits per heavy atom. The van der Waals surface area contributed by atoms with Crippen molar-refractivity contribution < 1.29 is 0 Å². The highest BCUT2D eigenvalue weighted by Crippen LogP contribution is 1.85. The number of rotatable bonds is 0. The molecule has 0 amide bonds. The monoisotopic (exact) mass is 114 g/mol. The van der Waals surface area contributed by atoms with Gasteiger partial charge < -0.3 is 10.6 Å². The highest BCUT2D eigenvalue weighted by Gasteiger charge is 1.92. The smallest absolute Gasteiger partial charge is 0.142 e. The fourth-order valence-electron chi connectivity index (χ4n) is 0.344. The summed E-state index contributed by atoms with van der Waals surface area (Å²) in [5, 5.41) is 5.74. The Bertz CT molecular complexity index is 105. The van der Waals surface area contributed by atoms with Crippen LogP contribution in [0.5, 0.6) is 0 Å². The van der Waals surface area contributed by atoms with Gasteiger partial charge in [0.15, 0.2) is 0 Å². The van der Waals surface area contributed by atoms with E-state index in [-0.39, 0.29) is 5.50 Å². The van der Waals surface area contributed by atoms with Crippen LogP contribution < -0.4 is 10.6 Å². The Morgan fingerprint density at radius 3 is 2.29 bits per heavy atom. The number of thiol groups is 1. The lowest BCUT2D eigenvalue weighted by atomic mass is 10.7. The third-order valence-electron chi connectivity index (χ3n) is 0.649. The first-order valence-corrected chi connectivity index (χ1v) is 2.51. The molecule has 1 aliphatic heterocycles. The van der Waals surface area contributed by atoms with E-state index in [0.717, 1.165) is 0 Å². The maximum Gasteiger partial charge on any atom is 0.142 e. The van der Waals surface area contributed by atoms with Gasteiger partial charge in [-0.3, -0.25) is 0 Å². The molecule has 0 bridgehead atoms. The van der Waals surface area contributed by atoms with E-state index in [1.165, 1.54) is 0 Å². The van der Waals surface area contributed by atoms with Crippen molar-refractivity contribution in [2.24, 2.45) is 0 Å². The largest absolute Gasteiger partial charge is 0.357 e. The molecule has 1 heterocycles. The lowest BCUT2D eigenvalue weighted by molar-refractivity contribution is 0.704. The molecule has 1 aliphatic rings. The number of hydrogen-bond donors (Lipinski definition) is 3. The van der Waals surface area contributed by atoms with E-state index in [0.29, 0.717) is 0 Å². The quantitative estimate of drug-likeness (QED) is 0.305. The van der Waals surface area contributed by atoms with E-state index in [9.17, 15) is 0 Å². The van der Waals surface area contributed by atoms with Gasteiger partial charge in [-0.1, -0.05) is 5.73 Å². The molecule has 0 aromatic carbocycles. The topological polar surface area (TPSA) is 24.1 Å². The summed E-state index contributed by atoms with van der Waals surface area (Å²) in [5.41, 5.74) is 2.85. The molecule has 0 saturated heterocycles. The Labute approximate surface area is 47.7 Å². The molecule has 2 nitrogen and oxygen atoms in total. The van der Waals surface area contributed by atoms with Crippen molar-refractivity contribution >= 4 is 12.6 Å². The van der Waals surface area contributed by atoms with E-state index in [2.05, 4.69) is 29.0 Å². The SMILES string of the molecule is SC1NC=C=CN1. The van der Waals surface area contributed by atoms with Gasteiger partial charge in [-0.25, -0.2) is 0 Å². The zero-order valence-electron chi connectivity index (χ0n) is 3.68. The molecular weight excluding hydrogens is 108 g/mol. The van der Waals surface area contributed by atoms with Gasteiger partial charge in [0.2, 0.25) is 0 Å². The number of nitrogens with one attached hydrogen (secondary N) is 2. The molecule has 0 spiro atoms. The van der Waals surface area contributed by atoms with Gasteiger partial charge in [0.05, 0.1) is 0 Å². The fraction of sp³-hybridized carbons (Fsp3) is 0.250. The first-order valence-electron chi connectivity index (χ1n) is 1.99. The zero-order chi connectivity index (χ0) is 5.11. The summed E-state index contributed by atoms with van der Waals surface area (Å²) in [6, 6.07) is 0. The van der Waals surface area contributed by atoms with Crippen LogP contribution >= 0.6 is 12.6 Å². The molecule has 0 saturated carbocycles. The third kappa shape index (κ3) is 1.18. The average Bonchev–Trinajstić information content (AvgIpc) is 1.69. The van der Waals surface area contributed by atoms with Crippen LogP contribution in [0.3, 0.4) is 0 Å². The van der Waals surface area contributed by atoms with Crippen LogP contribution in [0, 0.1) is 0 Å². The van der Waals surface area contributed by atoms with Crippen LogP contribution in [0.15, 0.2) is 18.1 Å². The highest BCUT2D eigenvalue weighted by molar-refractivity contribution is 7.80. The van der Waals surface area contributed by atoms with Crippen molar-refractivity contribution in [3.63, 3.8) is 0 Å². The Hall–Kier alpha value is -0.530. The molecule has 0 radical (unpaired) electrons. The molecule has 0 atom stereocenters. The van der Waals surface area contributed by atoms with E-state index < -0.39 is 0 Å². The van der Waals surface area contributed by atoms with Gasteiger partial charge in [0, 0.05) is 12.4 Å². The highest BCUT2D eigenvalue weighted by atomic mass is 32.1. The minimum absolute atomic E-state index is 0.0567. The summed E-state index contributed by atoms with van der Waals surface area (Å²) in [4.78, 5) is 0. The van der Waals surface area contributed by atoms with Crippen molar-refractivity contribution in [1.82, 2.24) is 10.6 Å². The molecule has 0 unspecified atom stereocenters. The predicted octanol–water partition coefficient (Wildman–Crippen LogP) is 0.0189. The molecule has 7 heavy (non-hydrogen) atoms. The van der Waals surface area contributed by atoms with E-state index in [1.807, 2.05) is 0 Å². The van der Waals surface area contributed by atoms with Gasteiger partial charge >= 0.3 is 0 Å². The van der Waals surface area contributed by atoms with Crippen LogP contribution in [-0.4, -0.2) is 5.50 Å². The molecule has 1 rings (SSSR count). The second-order valence-corrected chi connectivity index (χ2v) is 1.71. The summed E-state index contributed by atoms with van der Waals surface area (Å²) in [6.07, 6.45) is 3.43. The van der Waals surface area contributed by atoms with Gasteiger partial charge in [-0.15, -0.1) is 12.6 Å². The second kappa shape index (κ2) is 1.96. The van der Waals surface area contributed by atoms with Gasteiger partial charge in [0.1, 0.15) is 5.50 Å². The van der Waals surface area contributed by atoms with Gasteiger partial charge in [-0.05, 0) is 0 Å². The second-order valence-electron chi connectivity index (χ2n) is 1.19. The first-order chi connectivity index (χ1) is 3.39. The molecule has 3 heteroatoms. The van der Waals surface area contributed by atoms with E-state index in [4.69, 9.17) is 0 Å². The fourth-order valence-corrected chi connectivity index (χ4v) is 0.493. The first kappa shape index (κ1) is 4.62. The molecule has 38 valence electrons. The summed E-state index contributed by atoms with van der Waals surface area (Å²) < 4.78 is 0. The van der Waals surface area contributed by atoms with E-state index in [1.54, 1.807) is 12.4 Å².